The fraction of sp³-hybridized carbons (Fsp3) is 0.600. The van der Waals surface area contributed by atoms with E-state index < -0.39 is 0 Å². The summed E-state index contributed by atoms with van der Waals surface area (Å²) in [6, 6.07) is 7.77. The van der Waals surface area contributed by atoms with Gasteiger partial charge in [0.15, 0.2) is 0 Å². The molecule has 0 saturated carbocycles. The Kier molecular flexibility index (Phi) is 8.96. The van der Waals surface area contributed by atoms with Crippen LogP contribution in [0.2, 0.25) is 0 Å². The van der Waals surface area contributed by atoms with Gasteiger partial charge in [0, 0.05) is 4.75 Å². The van der Waals surface area contributed by atoms with Crippen molar-refractivity contribution >= 4 is 34.9 Å². The van der Waals surface area contributed by atoms with Crippen LogP contribution in [0.25, 0.3) is 0 Å². The zero-order valence-electron chi connectivity index (χ0n) is 12.8. The molecule has 1 aromatic carbocycles. The quantitative estimate of drug-likeness (QED) is 0.622. The van der Waals surface area contributed by atoms with Gasteiger partial charge in [0.2, 0.25) is 0 Å². The molecule has 2 atom stereocenters. The third-order valence-electron chi connectivity index (χ3n) is 2.63. The Morgan fingerprint density at radius 1 is 1.05 bits per heavy atom. The van der Waals surface area contributed by atoms with Crippen LogP contribution in [0, 0.1) is 0 Å². The maximum Gasteiger partial charge on any atom is 0.113 e. The third-order valence-corrected chi connectivity index (χ3v) is 6.33. The number of rotatable bonds is 1. The molecule has 1 aliphatic heterocycles. The van der Waals surface area contributed by atoms with E-state index in [-0.39, 0.29) is 16.1 Å². The molecule has 0 bridgehead atoms. The summed E-state index contributed by atoms with van der Waals surface area (Å²) in [7, 11) is 9.13. The first-order valence-electron chi connectivity index (χ1n) is 6.89. The minimum absolute atomic E-state index is 0.0727. The molecule has 1 nitrogen and oxygen atoms in total. The molecule has 1 heterocycles. The summed E-state index contributed by atoms with van der Waals surface area (Å²) < 4.78 is -0.0727. The average molecular weight is 296 g/mol. The molecule has 19 heavy (non-hydrogen) atoms. The highest BCUT2D eigenvalue weighted by molar-refractivity contribution is 8.77. The molecule has 0 amide bonds. The van der Waals surface area contributed by atoms with Crippen molar-refractivity contribution in [3.05, 3.63) is 29.8 Å². The van der Waals surface area contributed by atoms with E-state index in [4.69, 9.17) is 7.85 Å². The third kappa shape index (κ3) is 5.09. The molecule has 1 fully saturated rings. The standard InChI is InChI=1S/C11H13BOS2.2C2H6/c1-11(2)10(13)9(14-15-11)7-3-5-8(12)6-4-7;2*1-2/h3-6,9-10,13H,1-2H3;2*1-2H3/t9-,10+;;/m1../s1. The Morgan fingerprint density at radius 3 is 1.89 bits per heavy atom. The lowest BCUT2D eigenvalue weighted by atomic mass is 9.92. The summed E-state index contributed by atoms with van der Waals surface area (Å²) in [5.41, 5.74) is 1.92. The summed E-state index contributed by atoms with van der Waals surface area (Å²) in [4.78, 5) is 0. The van der Waals surface area contributed by atoms with E-state index in [1.165, 1.54) is 0 Å². The average Bonchev–Trinajstić information content (AvgIpc) is 2.71. The normalized spacial score (nSPS) is 23.7. The van der Waals surface area contributed by atoms with Crippen LogP contribution < -0.4 is 5.46 Å². The second kappa shape index (κ2) is 8.99. The second-order valence-corrected chi connectivity index (χ2v) is 7.31. The first kappa shape index (κ1) is 18.9. The molecule has 1 aromatic rings. The fourth-order valence-corrected chi connectivity index (χ4v) is 4.95. The van der Waals surface area contributed by atoms with Crippen LogP contribution in [0.4, 0.5) is 0 Å². The number of aliphatic hydroxyl groups excluding tert-OH is 1. The highest BCUT2D eigenvalue weighted by atomic mass is 33.1. The number of aliphatic hydroxyl groups is 1. The van der Waals surface area contributed by atoms with E-state index in [9.17, 15) is 5.11 Å². The van der Waals surface area contributed by atoms with E-state index in [0.29, 0.717) is 0 Å². The highest BCUT2D eigenvalue weighted by Crippen LogP contribution is 2.57. The van der Waals surface area contributed by atoms with Crippen LogP contribution in [-0.4, -0.2) is 23.8 Å². The molecule has 0 unspecified atom stereocenters. The van der Waals surface area contributed by atoms with Crippen molar-refractivity contribution in [1.82, 2.24) is 0 Å². The molecule has 1 aliphatic rings. The maximum absolute atomic E-state index is 10.2. The molecular formula is C15H25BOS2. The number of hydrogen-bond acceptors (Lipinski definition) is 3. The van der Waals surface area contributed by atoms with Gasteiger partial charge in [-0.2, -0.15) is 0 Å². The van der Waals surface area contributed by atoms with Gasteiger partial charge in [0.1, 0.15) is 7.85 Å². The summed E-state index contributed by atoms with van der Waals surface area (Å²) in [6.07, 6.45) is -0.309. The van der Waals surface area contributed by atoms with Gasteiger partial charge in [-0.15, -0.1) is 0 Å². The Morgan fingerprint density at radius 2 is 1.53 bits per heavy atom. The van der Waals surface area contributed by atoms with Gasteiger partial charge < -0.3 is 5.11 Å². The van der Waals surface area contributed by atoms with E-state index in [0.717, 1.165) is 11.0 Å². The van der Waals surface area contributed by atoms with Crippen molar-refractivity contribution in [3.8, 4) is 0 Å². The van der Waals surface area contributed by atoms with Crippen LogP contribution in [0.5, 0.6) is 0 Å². The minimum Gasteiger partial charge on any atom is -0.390 e. The molecule has 2 rings (SSSR count). The largest absolute Gasteiger partial charge is 0.390 e. The molecule has 2 radical (unpaired) electrons. The number of benzene rings is 1. The lowest BCUT2D eigenvalue weighted by Gasteiger charge is -2.23. The van der Waals surface area contributed by atoms with Gasteiger partial charge in [-0.3, -0.25) is 0 Å². The predicted octanol–water partition coefficient (Wildman–Crippen LogP) is 4.11. The molecule has 0 aromatic heterocycles. The van der Waals surface area contributed by atoms with Gasteiger partial charge in [0.05, 0.1) is 11.4 Å². The van der Waals surface area contributed by atoms with E-state index in [1.54, 1.807) is 21.6 Å². The van der Waals surface area contributed by atoms with Gasteiger partial charge in [0.25, 0.3) is 0 Å². The smallest absolute Gasteiger partial charge is 0.113 e. The molecule has 1 N–H and O–H groups in total. The first-order valence-corrected chi connectivity index (χ1v) is 9.10. The lowest BCUT2D eigenvalue weighted by Crippen LogP contribution is -2.31. The van der Waals surface area contributed by atoms with Crippen molar-refractivity contribution < 1.29 is 5.11 Å². The summed E-state index contributed by atoms with van der Waals surface area (Å²) >= 11 is 0. The Hall–Kier alpha value is -0.0551. The van der Waals surface area contributed by atoms with Crippen molar-refractivity contribution in [2.24, 2.45) is 0 Å². The van der Waals surface area contributed by atoms with Crippen LogP contribution >= 0.6 is 21.6 Å². The summed E-state index contributed by atoms with van der Waals surface area (Å²) in [5, 5.41) is 10.3. The highest BCUT2D eigenvalue weighted by Gasteiger charge is 2.43. The molecular weight excluding hydrogens is 271 g/mol. The van der Waals surface area contributed by atoms with Gasteiger partial charge in [-0.05, 0) is 19.4 Å². The van der Waals surface area contributed by atoms with Gasteiger partial charge >= 0.3 is 0 Å². The SMILES string of the molecule is CC.CC.[B]c1ccc([C@H]2SSC(C)(C)[C@H]2O)cc1. The zero-order valence-corrected chi connectivity index (χ0v) is 14.4. The van der Waals surface area contributed by atoms with Crippen molar-refractivity contribution in [1.29, 1.82) is 0 Å². The Balaban J connectivity index is 0.000000741. The molecule has 0 aliphatic carbocycles. The van der Waals surface area contributed by atoms with E-state index >= 15 is 0 Å². The molecule has 4 heteroatoms. The van der Waals surface area contributed by atoms with Gasteiger partial charge in [-0.25, -0.2) is 0 Å². The predicted molar refractivity (Wildman–Crippen MR) is 92.5 cm³/mol. The van der Waals surface area contributed by atoms with E-state index in [2.05, 4.69) is 13.8 Å². The van der Waals surface area contributed by atoms with Crippen LogP contribution in [0.1, 0.15) is 52.4 Å². The minimum atomic E-state index is -0.309. The molecule has 1 saturated heterocycles. The second-order valence-electron chi connectivity index (χ2n) is 4.32. The topological polar surface area (TPSA) is 20.2 Å². The van der Waals surface area contributed by atoms with Crippen LogP contribution in [-0.2, 0) is 0 Å². The fourth-order valence-electron chi connectivity index (χ4n) is 1.57. The summed E-state index contributed by atoms with van der Waals surface area (Å²) in [5.74, 6) is 0. The van der Waals surface area contributed by atoms with Crippen LogP contribution in [0.3, 0.4) is 0 Å². The van der Waals surface area contributed by atoms with Crippen molar-refractivity contribution in [3.63, 3.8) is 0 Å². The summed E-state index contributed by atoms with van der Waals surface area (Å²) in [6.45, 7) is 12.2. The first-order chi connectivity index (χ1) is 9.00. The molecule has 0 spiro atoms. The number of hydrogen-bond donors (Lipinski definition) is 1. The Labute approximate surface area is 127 Å². The maximum atomic E-state index is 10.2. The van der Waals surface area contributed by atoms with Crippen LogP contribution in [0.15, 0.2) is 24.3 Å². The van der Waals surface area contributed by atoms with E-state index in [1.807, 2.05) is 52.0 Å². The monoisotopic (exact) mass is 296 g/mol. The lowest BCUT2D eigenvalue weighted by molar-refractivity contribution is 0.143. The van der Waals surface area contributed by atoms with Crippen molar-refractivity contribution in [2.75, 3.05) is 0 Å². The zero-order chi connectivity index (χ0) is 15.1. The molecule has 106 valence electrons. The Bertz CT molecular complexity index is 352. The van der Waals surface area contributed by atoms with Crippen molar-refractivity contribution in [2.45, 2.75) is 57.6 Å². The van der Waals surface area contributed by atoms with Gasteiger partial charge in [-0.1, -0.05) is 79.0 Å².